The average molecular weight is 349 g/mol. The van der Waals surface area contributed by atoms with E-state index in [9.17, 15) is 4.79 Å². The third-order valence-corrected chi connectivity index (χ3v) is 3.74. The number of nitrogens with one attached hydrogen (secondary N) is 1. The summed E-state index contributed by atoms with van der Waals surface area (Å²) < 4.78 is 0.779. The van der Waals surface area contributed by atoms with Crippen LogP contribution in [0.5, 0.6) is 0 Å². The largest absolute Gasteiger partial charge is 0.389 e. The second kappa shape index (κ2) is 6.63. The van der Waals surface area contributed by atoms with E-state index >= 15 is 0 Å². The highest BCUT2D eigenvalue weighted by Crippen LogP contribution is 2.15. The first-order chi connectivity index (χ1) is 9.58. The Morgan fingerprint density at radius 2 is 1.80 bits per heavy atom. The molecule has 0 fully saturated rings. The summed E-state index contributed by atoms with van der Waals surface area (Å²) in [6.45, 7) is 0.456. The molecule has 0 atom stereocenters. The highest BCUT2D eigenvalue weighted by Gasteiger charge is 2.08. The lowest BCUT2D eigenvalue weighted by Crippen LogP contribution is -2.23. The lowest BCUT2D eigenvalue weighted by Gasteiger charge is -2.07. The Hall–Kier alpha value is -1.72. The normalized spacial score (nSPS) is 10.1. The zero-order valence-electron chi connectivity index (χ0n) is 10.6. The predicted octanol–water partition coefficient (Wildman–Crippen LogP) is 3.01. The molecule has 0 bridgehead atoms. The van der Waals surface area contributed by atoms with Gasteiger partial charge < -0.3 is 11.1 Å². The summed E-state index contributed by atoms with van der Waals surface area (Å²) in [6, 6.07) is 14.8. The molecular formula is C15H13BrN2OS. The molecule has 0 unspecified atom stereocenters. The molecule has 2 aromatic rings. The Bertz CT molecular complexity index is 641. The minimum Gasteiger partial charge on any atom is -0.389 e. The fourth-order valence-corrected chi connectivity index (χ4v) is 2.31. The van der Waals surface area contributed by atoms with E-state index in [0.717, 1.165) is 15.6 Å². The Labute approximate surface area is 131 Å². The van der Waals surface area contributed by atoms with E-state index < -0.39 is 0 Å². The van der Waals surface area contributed by atoms with Gasteiger partial charge in [0.1, 0.15) is 4.99 Å². The van der Waals surface area contributed by atoms with Crippen molar-refractivity contribution in [1.29, 1.82) is 0 Å². The van der Waals surface area contributed by atoms with Crippen LogP contribution < -0.4 is 11.1 Å². The highest BCUT2D eigenvalue weighted by atomic mass is 79.9. The van der Waals surface area contributed by atoms with Gasteiger partial charge in [-0.25, -0.2) is 0 Å². The molecule has 0 saturated carbocycles. The number of hydrogen-bond acceptors (Lipinski definition) is 2. The van der Waals surface area contributed by atoms with Gasteiger partial charge in [0.2, 0.25) is 0 Å². The van der Waals surface area contributed by atoms with Gasteiger partial charge in [0.25, 0.3) is 5.91 Å². The average Bonchev–Trinajstić information content (AvgIpc) is 2.45. The Morgan fingerprint density at radius 1 is 1.15 bits per heavy atom. The third kappa shape index (κ3) is 3.65. The van der Waals surface area contributed by atoms with Crippen LogP contribution in [0.25, 0.3) is 0 Å². The van der Waals surface area contributed by atoms with Crippen molar-refractivity contribution in [3.05, 3.63) is 69.7 Å². The van der Waals surface area contributed by atoms with Crippen LogP contribution in [-0.2, 0) is 6.54 Å². The van der Waals surface area contributed by atoms with E-state index in [4.69, 9.17) is 18.0 Å². The van der Waals surface area contributed by atoms with Gasteiger partial charge in [-0.3, -0.25) is 4.79 Å². The smallest absolute Gasteiger partial charge is 0.252 e. The van der Waals surface area contributed by atoms with E-state index in [2.05, 4.69) is 21.2 Å². The van der Waals surface area contributed by atoms with Gasteiger partial charge in [-0.1, -0.05) is 48.6 Å². The molecule has 20 heavy (non-hydrogen) atoms. The lowest BCUT2D eigenvalue weighted by atomic mass is 10.1. The summed E-state index contributed by atoms with van der Waals surface area (Å²) >= 11 is 8.25. The Morgan fingerprint density at radius 3 is 2.40 bits per heavy atom. The van der Waals surface area contributed by atoms with Crippen LogP contribution in [0.2, 0.25) is 0 Å². The first kappa shape index (κ1) is 14.7. The molecule has 0 aliphatic rings. The van der Waals surface area contributed by atoms with Crippen molar-refractivity contribution < 1.29 is 4.79 Å². The van der Waals surface area contributed by atoms with Crippen molar-refractivity contribution in [2.45, 2.75) is 6.54 Å². The minimum absolute atomic E-state index is 0.115. The Kier molecular flexibility index (Phi) is 4.87. The molecule has 5 heteroatoms. The predicted molar refractivity (Wildman–Crippen MR) is 87.6 cm³/mol. The maximum absolute atomic E-state index is 12.0. The number of carbonyl (C=O) groups excluding carboxylic acids is 1. The molecule has 3 nitrogen and oxygen atoms in total. The quantitative estimate of drug-likeness (QED) is 0.835. The molecule has 102 valence electrons. The van der Waals surface area contributed by atoms with E-state index in [1.165, 1.54) is 0 Å². The van der Waals surface area contributed by atoms with Gasteiger partial charge >= 0.3 is 0 Å². The van der Waals surface area contributed by atoms with Crippen LogP contribution in [0.15, 0.2) is 53.0 Å². The van der Waals surface area contributed by atoms with Gasteiger partial charge in [-0.15, -0.1) is 0 Å². The van der Waals surface area contributed by atoms with Crippen LogP contribution in [0.1, 0.15) is 21.5 Å². The topological polar surface area (TPSA) is 55.1 Å². The van der Waals surface area contributed by atoms with Crippen molar-refractivity contribution in [2.24, 2.45) is 5.73 Å². The van der Waals surface area contributed by atoms with Crippen molar-refractivity contribution in [1.82, 2.24) is 5.32 Å². The fourth-order valence-electron chi connectivity index (χ4n) is 1.71. The number of rotatable bonds is 4. The number of carbonyl (C=O) groups is 1. The van der Waals surface area contributed by atoms with Gasteiger partial charge in [0.15, 0.2) is 0 Å². The maximum Gasteiger partial charge on any atom is 0.252 e. The summed E-state index contributed by atoms with van der Waals surface area (Å²) in [4.78, 5) is 12.4. The maximum atomic E-state index is 12.0. The van der Waals surface area contributed by atoms with Gasteiger partial charge in [0, 0.05) is 16.6 Å². The molecule has 0 radical (unpaired) electrons. The molecule has 0 saturated heterocycles. The van der Waals surface area contributed by atoms with Gasteiger partial charge in [-0.05, 0) is 33.6 Å². The van der Waals surface area contributed by atoms with Crippen LogP contribution in [-0.4, -0.2) is 10.9 Å². The van der Waals surface area contributed by atoms with E-state index in [1.807, 2.05) is 42.5 Å². The van der Waals surface area contributed by atoms with E-state index in [0.29, 0.717) is 17.1 Å². The molecule has 0 spiro atoms. The standard InChI is InChI=1S/C15H13BrN2OS/c16-13-4-2-1-3-12(13)15(19)18-9-10-5-7-11(8-6-10)14(17)20/h1-8H,9H2,(H2,17,20)(H,18,19). The second-order valence-electron chi connectivity index (χ2n) is 4.22. The summed E-state index contributed by atoms with van der Waals surface area (Å²) in [7, 11) is 0. The van der Waals surface area contributed by atoms with Crippen LogP contribution in [0.4, 0.5) is 0 Å². The summed E-state index contributed by atoms with van der Waals surface area (Å²) in [5.74, 6) is -0.115. The first-order valence-electron chi connectivity index (χ1n) is 5.99. The zero-order chi connectivity index (χ0) is 14.5. The summed E-state index contributed by atoms with van der Waals surface area (Å²) in [5, 5.41) is 2.87. The lowest BCUT2D eigenvalue weighted by molar-refractivity contribution is 0.0950. The summed E-state index contributed by atoms with van der Waals surface area (Å²) in [5.41, 5.74) is 7.96. The number of benzene rings is 2. The number of nitrogens with two attached hydrogens (primary N) is 1. The third-order valence-electron chi connectivity index (χ3n) is 2.81. The molecular weight excluding hydrogens is 336 g/mol. The van der Waals surface area contributed by atoms with Crippen molar-refractivity contribution in [3.8, 4) is 0 Å². The SMILES string of the molecule is NC(=S)c1ccc(CNC(=O)c2ccccc2Br)cc1. The van der Waals surface area contributed by atoms with Crippen molar-refractivity contribution in [2.75, 3.05) is 0 Å². The van der Waals surface area contributed by atoms with Crippen LogP contribution >= 0.6 is 28.1 Å². The van der Waals surface area contributed by atoms with E-state index in [1.54, 1.807) is 6.07 Å². The number of thiocarbonyl (C=S) groups is 1. The van der Waals surface area contributed by atoms with Crippen molar-refractivity contribution in [3.63, 3.8) is 0 Å². The molecule has 0 heterocycles. The molecule has 0 aromatic heterocycles. The highest BCUT2D eigenvalue weighted by molar-refractivity contribution is 9.10. The zero-order valence-corrected chi connectivity index (χ0v) is 13.0. The summed E-state index contributed by atoms with van der Waals surface area (Å²) in [6.07, 6.45) is 0. The molecule has 0 aliphatic heterocycles. The second-order valence-corrected chi connectivity index (χ2v) is 5.52. The Balaban J connectivity index is 2.00. The molecule has 2 aromatic carbocycles. The number of halogens is 1. The van der Waals surface area contributed by atoms with Gasteiger partial charge in [-0.2, -0.15) is 0 Å². The van der Waals surface area contributed by atoms with E-state index in [-0.39, 0.29) is 5.91 Å². The number of hydrogen-bond donors (Lipinski definition) is 2. The monoisotopic (exact) mass is 348 g/mol. The molecule has 2 rings (SSSR count). The number of amides is 1. The van der Waals surface area contributed by atoms with Gasteiger partial charge in [0.05, 0.1) is 5.56 Å². The molecule has 1 amide bonds. The molecule has 0 aliphatic carbocycles. The molecule has 3 N–H and O–H groups in total. The minimum atomic E-state index is -0.115. The van der Waals surface area contributed by atoms with Crippen LogP contribution in [0.3, 0.4) is 0 Å². The fraction of sp³-hybridized carbons (Fsp3) is 0.0667. The van der Waals surface area contributed by atoms with Crippen molar-refractivity contribution >= 4 is 39.0 Å². The first-order valence-corrected chi connectivity index (χ1v) is 7.19. The van der Waals surface area contributed by atoms with Crippen LogP contribution in [0, 0.1) is 0 Å².